The summed E-state index contributed by atoms with van der Waals surface area (Å²) < 4.78 is 14.7. The molecule has 1 fully saturated rings. The lowest BCUT2D eigenvalue weighted by Gasteiger charge is -2.12. The van der Waals surface area contributed by atoms with Gasteiger partial charge in [-0.2, -0.15) is 0 Å². The first-order chi connectivity index (χ1) is 7.16. The van der Waals surface area contributed by atoms with E-state index in [4.69, 9.17) is 0 Å². The van der Waals surface area contributed by atoms with Gasteiger partial charge in [-0.05, 0) is 31.4 Å². The van der Waals surface area contributed by atoms with Crippen LogP contribution in [0.1, 0.15) is 29.8 Å². The van der Waals surface area contributed by atoms with E-state index in [1.54, 1.807) is 10.6 Å². The summed E-state index contributed by atoms with van der Waals surface area (Å²) in [6.07, 6.45) is 2.84. The lowest BCUT2D eigenvalue weighted by molar-refractivity contribution is 0.0928. The third kappa shape index (κ3) is 2.19. The number of hydrogen-bond acceptors (Lipinski definition) is 1. The first kappa shape index (κ1) is 10.2. The Bertz CT molecular complexity index is 361. The van der Waals surface area contributed by atoms with Crippen LogP contribution in [0.2, 0.25) is 0 Å². The average molecular weight is 210 g/mol. The molecule has 15 heavy (non-hydrogen) atoms. The van der Waals surface area contributed by atoms with Crippen molar-refractivity contribution in [1.29, 1.82) is 0 Å². The molecule has 1 aromatic heterocycles. The Morgan fingerprint density at radius 3 is 2.93 bits per heavy atom. The van der Waals surface area contributed by atoms with E-state index in [9.17, 15) is 9.18 Å². The lowest BCUT2D eigenvalue weighted by Crippen LogP contribution is -2.34. The number of amides is 1. The Labute approximate surface area is 88.3 Å². The van der Waals surface area contributed by atoms with Crippen LogP contribution in [0.5, 0.6) is 0 Å². The van der Waals surface area contributed by atoms with Crippen LogP contribution in [0.3, 0.4) is 0 Å². The average Bonchev–Trinajstić information content (AvgIpc) is 2.75. The van der Waals surface area contributed by atoms with Gasteiger partial charge in [0.05, 0.1) is 0 Å². The van der Waals surface area contributed by atoms with Crippen LogP contribution >= 0.6 is 0 Å². The fraction of sp³-hybridized carbons (Fsp3) is 0.545. The molecule has 1 aromatic rings. The molecule has 0 spiro atoms. The summed E-state index contributed by atoms with van der Waals surface area (Å²) in [5.74, 6) is -0.110. The summed E-state index contributed by atoms with van der Waals surface area (Å²) in [7, 11) is 1.82. The van der Waals surface area contributed by atoms with E-state index in [-0.39, 0.29) is 11.9 Å². The maximum atomic E-state index is 12.9. The minimum Gasteiger partial charge on any atom is -0.348 e. The van der Waals surface area contributed by atoms with Crippen LogP contribution < -0.4 is 5.32 Å². The molecule has 1 aliphatic rings. The van der Waals surface area contributed by atoms with Crippen LogP contribution in [0.4, 0.5) is 4.39 Å². The molecular formula is C11H15FN2O. The summed E-state index contributed by atoms with van der Waals surface area (Å²) in [5, 5.41) is 2.85. The van der Waals surface area contributed by atoms with E-state index in [1.165, 1.54) is 0 Å². The van der Waals surface area contributed by atoms with Crippen LogP contribution in [0.15, 0.2) is 18.3 Å². The standard InChI is InChI=1S/C11H15FN2O/c1-14-6-2-3-10(14)11(15)13-9-5-4-8(12)7-9/h2-3,6,8-9H,4-5,7H2,1H3,(H,13,15)/t8-,9-/m1/s1. The monoisotopic (exact) mass is 210 g/mol. The van der Waals surface area contributed by atoms with Gasteiger partial charge in [-0.3, -0.25) is 4.79 Å². The summed E-state index contributed by atoms with van der Waals surface area (Å²) in [4.78, 5) is 11.7. The third-order valence-electron chi connectivity index (χ3n) is 2.88. The highest BCUT2D eigenvalue weighted by Gasteiger charge is 2.26. The number of aromatic nitrogens is 1. The summed E-state index contributed by atoms with van der Waals surface area (Å²) in [5.41, 5.74) is 0.623. The van der Waals surface area contributed by atoms with E-state index in [2.05, 4.69) is 5.32 Å². The van der Waals surface area contributed by atoms with E-state index >= 15 is 0 Å². The number of halogens is 1. The van der Waals surface area contributed by atoms with Crippen molar-refractivity contribution in [3.63, 3.8) is 0 Å². The van der Waals surface area contributed by atoms with Crippen molar-refractivity contribution >= 4 is 5.91 Å². The Morgan fingerprint density at radius 1 is 1.60 bits per heavy atom. The predicted octanol–water partition coefficient (Wildman–Crippen LogP) is 1.65. The normalized spacial score (nSPS) is 25.5. The number of carbonyl (C=O) groups excluding carboxylic acids is 1. The molecule has 82 valence electrons. The maximum Gasteiger partial charge on any atom is 0.268 e. The van der Waals surface area contributed by atoms with Gasteiger partial charge in [0.25, 0.3) is 5.91 Å². The first-order valence-electron chi connectivity index (χ1n) is 5.23. The topological polar surface area (TPSA) is 34.0 Å². The Balaban J connectivity index is 1.96. The molecule has 0 saturated heterocycles. The zero-order chi connectivity index (χ0) is 10.8. The highest BCUT2D eigenvalue weighted by Crippen LogP contribution is 2.22. The quantitative estimate of drug-likeness (QED) is 0.791. The lowest BCUT2D eigenvalue weighted by atomic mass is 10.2. The van der Waals surface area contributed by atoms with Crippen molar-refractivity contribution in [2.45, 2.75) is 31.5 Å². The van der Waals surface area contributed by atoms with Crippen molar-refractivity contribution in [1.82, 2.24) is 9.88 Å². The zero-order valence-electron chi connectivity index (χ0n) is 8.74. The largest absolute Gasteiger partial charge is 0.348 e. The van der Waals surface area contributed by atoms with E-state index < -0.39 is 6.17 Å². The minimum absolute atomic E-state index is 0.00222. The van der Waals surface area contributed by atoms with Crippen LogP contribution in [-0.2, 0) is 7.05 Å². The molecule has 0 aliphatic heterocycles. The fourth-order valence-electron chi connectivity index (χ4n) is 2.01. The van der Waals surface area contributed by atoms with Gasteiger partial charge in [0.1, 0.15) is 11.9 Å². The number of hydrogen-bond donors (Lipinski definition) is 1. The van der Waals surface area contributed by atoms with Crippen molar-refractivity contribution in [2.75, 3.05) is 0 Å². The predicted molar refractivity (Wildman–Crippen MR) is 55.4 cm³/mol. The molecule has 0 radical (unpaired) electrons. The van der Waals surface area contributed by atoms with Crippen molar-refractivity contribution in [3.05, 3.63) is 24.0 Å². The molecule has 2 atom stereocenters. The molecular weight excluding hydrogens is 195 g/mol. The second-order valence-corrected chi connectivity index (χ2v) is 4.09. The highest BCUT2D eigenvalue weighted by atomic mass is 19.1. The van der Waals surface area contributed by atoms with Gasteiger partial charge in [0.2, 0.25) is 0 Å². The van der Waals surface area contributed by atoms with Gasteiger partial charge in [0, 0.05) is 19.3 Å². The molecule has 1 amide bonds. The fourth-order valence-corrected chi connectivity index (χ4v) is 2.01. The van der Waals surface area contributed by atoms with Crippen LogP contribution in [-0.4, -0.2) is 22.7 Å². The highest BCUT2D eigenvalue weighted by molar-refractivity contribution is 5.92. The van der Waals surface area contributed by atoms with Gasteiger partial charge >= 0.3 is 0 Å². The van der Waals surface area contributed by atoms with Crippen LogP contribution in [0, 0.1) is 0 Å². The second-order valence-electron chi connectivity index (χ2n) is 4.09. The number of nitrogens with one attached hydrogen (secondary N) is 1. The molecule has 1 heterocycles. The van der Waals surface area contributed by atoms with Gasteiger partial charge < -0.3 is 9.88 Å². The molecule has 0 unspecified atom stereocenters. The molecule has 1 aliphatic carbocycles. The smallest absolute Gasteiger partial charge is 0.268 e. The zero-order valence-corrected chi connectivity index (χ0v) is 8.74. The van der Waals surface area contributed by atoms with Gasteiger partial charge in [-0.15, -0.1) is 0 Å². The molecule has 0 aromatic carbocycles. The summed E-state index contributed by atoms with van der Waals surface area (Å²) >= 11 is 0. The molecule has 3 nitrogen and oxygen atoms in total. The molecule has 1 saturated carbocycles. The van der Waals surface area contributed by atoms with Gasteiger partial charge in [-0.1, -0.05) is 0 Å². The Morgan fingerprint density at radius 2 is 2.40 bits per heavy atom. The number of carbonyl (C=O) groups is 1. The molecule has 2 rings (SSSR count). The number of aryl methyl sites for hydroxylation is 1. The SMILES string of the molecule is Cn1cccc1C(=O)N[C@@H]1CC[C@@H](F)C1. The number of nitrogens with zero attached hydrogens (tertiary/aromatic N) is 1. The Kier molecular flexibility index (Phi) is 2.75. The van der Waals surface area contributed by atoms with Gasteiger partial charge in [0.15, 0.2) is 0 Å². The molecule has 4 heteroatoms. The van der Waals surface area contributed by atoms with Crippen molar-refractivity contribution in [2.24, 2.45) is 7.05 Å². The number of alkyl halides is 1. The summed E-state index contributed by atoms with van der Waals surface area (Å²) in [6, 6.07) is 3.58. The van der Waals surface area contributed by atoms with Crippen LogP contribution in [0.25, 0.3) is 0 Å². The Hall–Kier alpha value is -1.32. The van der Waals surface area contributed by atoms with E-state index in [0.717, 1.165) is 6.42 Å². The van der Waals surface area contributed by atoms with Crippen molar-refractivity contribution < 1.29 is 9.18 Å². The summed E-state index contributed by atoms with van der Waals surface area (Å²) in [6.45, 7) is 0. The van der Waals surface area contributed by atoms with E-state index in [0.29, 0.717) is 18.5 Å². The van der Waals surface area contributed by atoms with Gasteiger partial charge in [-0.25, -0.2) is 4.39 Å². The van der Waals surface area contributed by atoms with Crippen molar-refractivity contribution in [3.8, 4) is 0 Å². The number of rotatable bonds is 2. The second kappa shape index (κ2) is 4.04. The molecule has 0 bridgehead atoms. The van der Waals surface area contributed by atoms with E-state index in [1.807, 2.05) is 19.3 Å². The third-order valence-corrected chi connectivity index (χ3v) is 2.88. The molecule has 1 N–H and O–H groups in total. The maximum absolute atomic E-state index is 12.9. The first-order valence-corrected chi connectivity index (χ1v) is 5.23. The minimum atomic E-state index is -0.747.